The number of nitrogens with zero attached hydrogens (tertiary/aromatic N) is 1. The van der Waals surface area contributed by atoms with Crippen LogP contribution in [0.5, 0.6) is 0 Å². The van der Waals surface area contributed by atoms with E-state index in [-0.39, 0.29) is 0 Å². The summed E-state index contributed by atoms with van der Waals surface area (Å²) in [5.41, 5.74) is 1.42. The molecule has 1 fully saturated rings. The molecule has 1 aliphatic heterocycles. The first-order valence-electron chi connectivity index (χ1n) is 6.47. The second-order valence-corrected chi connectivity index (χ2v) is 5.10. The van der Waals surface area contributed by atoms with Gasteiger partial charge in [0.25, 0.3) is 0 Å². The third-order valence-electron chi connectivity index (χ3n) is 4.06. The van der Waals surface area contributed by atoms with Crippen molar-refractivity contribution in [3.63, 3.8) is 0 Å². The van der Waals surface area contributed by atoms with Gasteiger partial charge in [0.2, 0.25) is 0 Å². The SMILES string of the molecule is C=CCC1C2C=CC(C2)N1Cc1ccccc1. The first-order valence-corrected chi connectivity index (χ1v) is 6.47. The van der Waals surface area contributed by atoms with Crippen molar-refractivity contribution < 1.29 is 0 Å². The van der Waals surface area contributed by atoms with Gasteiger partial charge in [0.05, 0.1) is 0 Å². The highest BCUT2D eigenvalue weighted by atomic mass is 15.2. The predicted molar refractivity (Wildman–Crippen MR) is 71.6 cm³/mol. The fourth-order valence-electron chi connectivity index (χ4n) is 3.24. The minimum absolute atomic E-state index is 0.658. The predicted octanol–water partition coefficient (Wildman–Crippen LogP) is 3.39. The molecule has 1 heterocycles. The van der Waals surface area contributed by atoms with E-state index in [1.165, 1.54) is 12.0 Å². The van der Waals surface area contributed by atoms with Gasteiger partial charge < -0.3 is 0 Å². The zero-order valence-electron chi connectivity index (χ0n) is 10.1. The van der Waals surface area contributed by atoms with E-state index in [1.807, 2.05) is 0 Å². The maximum atomic E-state index is 3.90. The van der Waals surface area contributed by atoms with Crippen LogP contribution in [-0.2, 0) is 6.54 Å². The molecule has 17 heavy (non-hydrogen) atoms. The maximum Gasteiger partial charge on any atom is 0.0291 e. The molecule has 1 aromatic rings. The Bertz CT molecular complexity index is 420. The number of hydrogen-bond acceptors (Lipinski definition) is 1. The van der Waals surface area contributed by atoms with E-state index in [0.717, 1.165) is 18.9 Å². The topological polar surface area (TPSA) is 3.24 Å². The molecule has 0 saturated carbocycles. The molecule has 3 atom stereocenters. The van der Waals surface area contributed by atoms with E-state index >= 15 is 0 Å². The van der Waals surface area contributed by atoms with Gasteiger partial charge in [0, 0.05) is 18.6 Å². The van der Waals surface area contributed by atoms with Crippen molar-refractivity contribution >= 4 is 0 Å². The molecule has 2 aliphatic rings. The van der Waals surface area contributed by atoms with Gasteiger partial charge in [-0.1, -0.05) is 48.6 Å². The molecule has 3 rings (SSSR count). The molecule has 3 unspecified atom stereocenters. The van der Waals surface area contributed by atoms with Gasteiger partial charge in [-0.15, -0.1) is 6.58 Å². The van der Waals surface area contributed by atoms with Crippen LogP contribution in [-0.4, -0.2) is 17.0 Å². The van der Waals surface area contributed by atoms with Gasteiger partial charge in [-0.05, 0) is 24.3 Å². The van der Waals surface area contributed by atoms with E-state index in [4.69, 9.17) is 0 Å². The van der Waals surface area contributed by atoms with E-state index in [2.05, 4.69) is 60.0 Å². The number of likely N-dealkylation sites (tertiary alicyclic amines) is 1. The fourth-order valence-corrected chi connectivity index (χ4v) is 3.24. The average Bonchev–Trinajstić information content (AvgIpc) is 2.94. The quantitative estimate of drug-likeness (QED) is 0.710. The van der Waals surface area contributed by atoms with Crippen molar-refractivity contribution in [1.29, 1.82) is 0 Å². The number of hydrogen-bond donors (Lipinski definition) is 0. The lowest BCUT2D eigenvalue weighted by atomic mass is 9.99. The van der Waals surface area contributed by atoms with E-state index in [0.29, 0.717) is 12.1 Å². The molecule has 0 N–H and O–H groups in total. The largest absolute Gasteiger partial charge is 0.289 e. The lowest BCUT2D eigenvalue weighted by molar-refractivity contribution is 0.191. The summed E-state index contributed by atoms with van der Waals surface area (Å²) >= 11 is 0. The second kappa shape index (κ2) is 4.50. The minimum Gasteiger partial charge on any atom is -0.289 e. The van der Waals surface area contributed by atoms with Gasteiger partial charge >= 0.3 is 0 Å². The molecule has 1 heteroatoms. The summed E-state index contributed by atoms with van der Waals surface area (Å²) in [6.45, 7) is 4.97. The van der Waals surface area contributed by atoms with Crippen molar-refractivity contribution in [2.45, 2.75) is 31.5 Å². The Labute approximate surface area is 103 Å². The molecule has 2 bridgehead atoms. The average molecular weight is 225 g/mol. The number of fused-ring (bicyclic) bond motifs is 2. The third-order valence-corrected chi connectivity index (χ3v) is 4.06. The summed E-state index contributed by atoms with van der Waals surface area (Å²) in [6, 6.07) is 12.1. The van der Waals surface area contributed by atoms with Crippen LogP contribution in [0.25, 0.3) is 0 Å². The van der Waals surface area contributed by atoms with E-state index < -0.39 is 0 Å². The van der Waals surface area contributed by atoms with Crippen molar-refractivity contribution in [2.24, 2.45) is 5.92 Å². The summed E-state index contributed by atoms with van der Waals surface area (Å²) in [4.78, 5) is 2.64. The standard InChI is InChI=1S/C16H19N/c1-2-6-16-14-9-10-15(11-14)17(16)12-13-7-4-3-5-8-13/h2-5,7-10,14-16H,1,6,11-12H2. The van der Waals surface area contributed by atoms with E-state index in [9.17, 15) is 0 Å². The van der Waals surface area contributed by atoms with Crippen LogP contribution in [0.15, 0.2) is 55.1 Å². The minimum atomic E-state index is 0.658. The highest BCUT2D eigenvalue weighted by Gasteiger charge is 2.41. The van der Waals surface area contributed by atoms with Gasteiger partial charge in [0.15, 0.2) is 0 Å². The van der Waals surface area contributed by atoms with Crippen LogP contribution in [0, 0.1) is 5.92 Å². The smallest absolute Gasteiger partial charge is 0.0291 e. The van der Waals surface area contributed by atoms with Crippen LogP contribution < -0.4 is 0 Å². The molecular weight excluding hydrogens is 206 g/mol. The monoisotopic (exact) mass is 225 g/mol. The molecule has 1 saturated heterocycles. The molecule has 0 amide bonds. The van der Waals surface area contributed by atoms with Crippen molar-refractivity contribution in [2.75, 3.05) is 0 Å². The van der Waals surface area contributed by atoms with Crippen LogP contribution >= 0.6 is 0 Å². The summed E-state index contributed by atoms with van der Waals surface area (Å²) in [5.74, 6) is 0.752. The summed E-state index contributed by atoms with van der Waals surface area (Å²) in [5, 5.41) is 0. The van der Waals surface area contributed by atoms with Crippen molar-refractivity contribution in [3.8, 4) is 0 Å². The molecule has 88 valence electrons. The van der Waals surface area contributed by atoms with Crippen LogP contribution in [0.3, 0.4) is 0 Å². The lowest BCUT2D eigenvalue weighted by Crippen LogP contribution is -2.37. The second-order valence-electron chi connectivity index (χ2n) is 5.10. The van der Waals surface area contributed by atoms with Crippen LogP contribution in [0.1, 0.15) is 18.4 Å². The molecule has 1 aromatic carbocycles. The zero-order valence-corrected chi connectivity index (χ0v) is 10.1. The first-order chi connectivity index (χ1) is 8.38. The molecule has 0 aromatic heterocycles. The Morgan fingerprint density at radius 2 is 2.06 bits per heavy atom. The summed E-state index contributed by atoms with van der Waals surface area (Å²) < 4.78 is 0. The maximum absolute atomic E-state index is 3.90. The van der Waals surface area contributed by atoms with Gasteiger partial charge in [-0.3, -0.25) is 4.90 Å². The van der Waals surface area contributed by atoms with Crippen molar-refractivity contribution in [1.82, 2.24) is 4.90 Å². The zero-order chi connectivity index (χ0) is 11.7. The Morgan fingerprint density at radius 3 is 2.82 bits per heavy atom. The van der Waals surface area contributed by atoms with Gasteiger partial charge in [-0.25, -0.2) is 0 Å². The van der Waals surface area contributed by atoms with Crippen molar-refractivity contribution in [3.05, 3.63) is 60.7 Å². The molecule has 1 nitrogen and oxygen atoms in total. The summed E-state index contributed by atoms with van der Waals surface area (Å²) in [6.07, 6.45) is 9.27. The molecular formula is C16H19N. The third kappa shape index (κ3) is 1.96. The highest BCUT2D eigenvalue weighted by molar-refractivity contribution is 5.21. The molecule has 0 radical (unpaired) electrons. The Kier molecular flexibility index (Phi) is 2.86. The highest BCUT2D eigenvalue weighted by Crippen LogP contribution is 2.39. The summed E-state index contributed by atoms with van der Waals surface area (Å²) in [7, 11) is 0. The number of benzene rings is 1. The molecule has 0 spiro atoms. The molecule has 1 aliphatic carbocycles. The van der Waals surface area contributed by atoms with Crippen LogP contribution in [0.4, 0.5) is 0 Å². The van der Waals surface area contributed by atoms with Crippen LogP contribution in [0.2, 0.25) is 0 Å². The lowest BCUT2D eigenvalue weighted by Gasteiger charge is -2.32. The Morgan fingerprint density at radius 1 is 1.24 bits per heavy atom. The normalized spacial score (nSPS) is 30.9. The van der Waals surface area contributed by atoms with Gasteiger partial charge in [-0.2, -0.15) is 0 Å². The number of rotatable bonds is 4. The Balaban J connectivity index is 1.77. The Hall–Kier alpha value is -1.34. The fraction of sp³-hybridized carbons (Fsp3) is 0.375. The van der Waals surface area contributed by atoms with Gasteiger partial charge in [0.1, 0.15) is 0 Å². The first kappa shape index (κ1) is 10.8. The van der Waals surface area contributed by atoms with E-state index in [1.54, 1.807) is 0 Å².